The van der Waals surface area contributed by atoms with Gasteiger partial charge in [0.05, 0.1) is 18.9 Å². The fourth-order valence-corrected chi connectivity index (χ4v) is 7.13. The van der Waals surface area contributed by atoms with E-state index >= 15 is 0 Å². The zero-order chi connectivity index (χ0) is 43.6. The fraction of sp³-hybridized carbons (Fsp3) is 0.843. The van der Waals surface area contributed by atoms with Crippen molar-refractivity contribution in [2.45, 2.75) is 207 Å². The van der Waals surface area contributed by atoms with E-state index in [0.717, 1.165) is 90.1 Å². The minimum atomic E-state index is -0.428. The third-order valence-electron chi connectivity index (χ3n) is 11.3. The zero-order valence-corrected chi connectivity index (χ0v) is 39.4. The van der Waals surface area contributed by atoms with E-state index < -0.39 is 6.29 Å². The van der Waals surface area contributed by atoms with Crippen molar-refractivity contribution < 1.29 is 38.0 Å². The molecular weight excluding hydrogens is 755 g/mol. The van der Waals surface area contributed by atoms with E-state index in [1.54, 1.807) is 0 Å². The van der Waals surface area contributed by atoms with E-state index in [-0.39, 0.29) is 50.0 Å². The van der Waals surface area contributed by atoms with E-state index in [2.05, 4.69) is 63.6 Å². The molecule has 0 bridgehead atoms. The first-order valence-electron chi connectivity index (χ1n) is 24.8. The minimum absolute atomic E-state index is 0.0694. The van der Waals surface area contributed by atoms with Crippen LogP contribution in [0.25, 0.3) is 0 Å². The molecule has 0 aliphatic carbocycles. The first-order valence-corrected chi connectivity index (χ1v) is 24.8. The molecule has 9 heteroatoms. The van der Waals surface area contributed by atoms with Crippen molar-refractivity contribution in [3.63, 3.8) is 0 Å². The normalized spacial score (nSPS) is 14.3. The van der Waals surface area contributed by atoms with Gasteiger partial charge in [-0.2, -0.15) is 0 Å². The molecule has 0 N–H and O–H groups in total. The summed E-state index contributed by atoms with van der Waals surface area (Å²) in [6.07, 6.45) is 38.6. The Labute approximate surface area is 369 Å². The van der Waals surface area contributed by atoms with Gasteiger partial charge in [-0.3, -0.25) is 9.59 Å². The van der Waals surface area contributed by atoms with Crippen LogP contribution in [0.2, 0.25) is 0 Å². The van der Waals surface area contributed by atoms with Crippen molar-refractivity contribution in [2.24, 2.45) is 11.8 Å². The third-order valence-corrected chi connectivity index (χ3v) is 11.3. The van der Waals surface area contributed by atoms with Crippen LogP contribution in [0.15, 0.2) is 36.8 Å². The number of esters is 2. The van der Waals surface area contributed by atoms with E-state index in [4.69, 9.17) is 28.4 Å². The molecule has 0 aromatic carbocycles. The third kappa shape index (κ3) is 36.3. The summed E-state index contributed by atoms with van der Waals surface area (Å²) in [5, 5.41) is 0. The molecule has 9 nitrogen and oxygen atoms in total. The lowest BCUT2D eigenvalue weighted by molar-refractivity contribution is -0.161. The van der Waals surface area contributed by atoms with Crippen molar-refractivity contribution in [3.8, 4) is 0 Å². The molecule has 1 saturated heterocycles. The van der Waals surface area contributed by atoms with Crippen LogP contribution >= 0.6 is 0 Å². The predicted molar refractivity (Wildman–Crippen MR) is 248 cm³/mol. The first-order chi connectivity index (χ1) is 29.4. The van der Waals surface area contributed by atoms with Crippen molar-refractivity contribution in [1.29, 1.82) is 0 Å². The number of piperidine rings is 1. The Kier molecular flexibility index (Phi) is 38.9. The summed E-state index contributed by atoms with van der Waals surface area (Å²) in [5.74, 6) is -0.196. The van der Waals surface area contributed by atoms with Crippen LogP contribution in [0.1, 0.15) is 201 Å². The predicted octanol–water partition coefficient (Wildman–Crippen LogP) is 13.2. The average molecular weight is 848 g/mol. The zero-order valence-electron chi connectivity index (χ0n) is 39.4. The SMILES string of the molecule is C=C(OCC1CCN(C)CC1)OCC(COC(=O)CCCCCCC/C=C\C/C=C\CCCCC)COC(=O)CCC(OCCCCCCCC)OCCCCCCCC. The number of ether oxygens (including phenoxy) is 6. The first kappa shape index (κ1) is 55.7. The van der Waals surface area contributed by atoms with Crippen LogP contribution in [0, 0.1) is 11.8 Å². The minimum Gasteiger partial charge on any atom is -0.466 e. The van der Waals surface area contributed by atoms with E-state index in [9.17, 15) is 9.59 Å². The van der Waals surface area contributed by atoms with Crippen molar-refractivity contribution in [2.75, 3.05) is 59.8 Å². The Bertz CT molecular complexity index is 1040. The maximum atomic E-state index is 13.0. The van der Waals surface area contributed by atoms with Gasteiger partial charge in [-0.05, 0) is 96.8 Å². The summed E-state index contributed by atoms with van der Waals surface area (Å²) in [7, 11) is 2.14. The lowest BCUT2D eigenvalue weighted by Crippen LogP contribution is -2.32. The van der Waals surface area contributed by atoms with Gasteiger partial charge in [0.15, 0.2) is 6.29 Å². The quantitative estimate of drug-likeness (QED) is 0.0195. The molecule has 0 aromatic heterocycles. The second-order valence-corrected chi connectivity index (χ2v) is 17.2. The summed E-state index contributed by atoms with van der Waals surface area (Å²) < 4.78 is 35.4. The highest BCUT2D eigenvalue weighted by Crippen LogP contribution is 2.18. The highest BCUT2D eigenvalue weighted by Gasteiger charge is 2.20. The molecule has 1 unspecified atom stereocenters. The number of carbonyl (C=O) groups excluding carboxylic acids is 2. The average Bonchev–Trinajstić information content (AvgIpc) is 3.25. The molecule has 0 amide bonds. The number of carbonyl (C=O) groups is 2. The van der Waals surface area contributed by atoms with E-state index in [1.807, 2.05) is 0 Å². The van der Waals surface area contributed by atoms with Crippen LogP contribution in [0.5, 0.6) is 0 Å². The Hall–Kier alpha value is -2.36. The molecule has 1 rings (SSSR count). The second kappa shape index (κ2) is 42.0. The topological polar surface area (TPSA) is 92.8 Å². The summed E-state index contributed by atoms with van der Waals surface area (Å²) in [6.45, 7) is 15.0. The van der Waals surface area contributed by atoms with Gasteiger partial charge in [-0.1, -0.05) is 141 Å². The van der Waals surface area contributed by atoms with Gasteiger partial charge in [-0.15, -0.1) is 0 Å². The van der Waals surface area contributed by atoms with Gasteiger partial charge >= 0.3 is 11.9 Å². The number of hydrogen-bond donors (Lipinski definition) is 0. The monoisotopic (exact) mass is 848 g/mol. The molecule has 350 valence electrons. The molecule has 1 aliphatic rings. The molecule has 1 heterocycles. The van der Waals surface area contributed by atoms with Gasteiger partial charge in [0.25, 0.3) is 5.95 Å². The molecule has 1 aliphatic heterocycles. The largest absolute Gasteiger partial charge is 0.466 e. The lowest BCUT2D eigenvalue weighted by atomic mass is 9.98. The van der Waals surface area contributed by atoms with Crippen molar-refractivity contribution in [1.82, 2.24) is 4.90 Å². The number of likely N-dealkylation sites (tertiary alicyclic amines) is 1. The molecule has 0 spiro atoms. The molecule has 0 aromatic rings. The molecular formula is C51H93NO8. The standard InChI is InChI=1S/C51H93NO8/c1-6-9-12-15-18-19-20-21-22-23-24-25-26-27-30-33-49(53)59-44-48(43-58-46(4)57-42-47-36-38-52(5)39-37-47)45-60-50(54)34-35-51(55-40-31-28-16-13-10-7-2)56-41-32-29-17-14-11-8-3/h18-19,21-22,47-48,51H,4,6-17,20,23-45H2,1-3,5H3/b19-18-,22-21-. The number of allylic oxidation sites excluding steroid dienone is 4. The molecule has 60 heavy (non-hydrogen) atoms. The Balaban J connectivity index is 2.52. The van der Waals surface area contributed by atoms with Crippen LogP contribution in [0.4, 0.5) is 0 Å². The Morgan fingerprint density at radius 2 is 1.05 bits per heavy atom. The highest BCUT2D eigenvalue weighted by atomic mass is 16.7. The van der Waals surface area contributed by atoms with Crippen LogP contribution in [-0.2, 0) is 38.0 Å². The number of hydrogen-bond acceptors (Lipinski definition) is 9. The van der Waals surface area contributed by atoms with Crippen LogP contribution < -0.4 is 0 Å². The molecule has 0 radical (unpaired) electrons. The number of unbranched alkanes of at least 4 members (excludes halogenated alkanes) is 18. The van der Waals surface area contributed by atoms with E-state index in [1.165, 1.54) is 83.5 Å². The lowest BCUT2D eigenvalue weighted by Gasteiger charge is -2.29. The molecule has 0 saturated carbocycles. The smallest absolute Gasteiger partial charge is 0.305 e. The summed E-state index contributed by atoms with van der Waals surface area (Å²) >= 11 is 0. The van der Waals surface area contributed by atoms with Gasteiger partial charge < -0.3 is 33.3 Å². The van der Waals surface area contributed by atoms with Gasteiger partial charge in [0, 0.05) is 26.1 Å². The van der Waals surface area contributed by atoms with E-state index in [0.29, 0.717) is 38.6 Å². The fourth-order valence-electron chi connectivity index (χ4n) is 7.13. The summed E-state index contributed by atoms with van der Waals surface area (Å²) in [4.78, 5) is 28.1. The maximum absolute atomic E-state index is 13.0. The highest BCUT2D eigenvalue weighted by molar-refractivity contribution is 5.69. The number of nitrogens with zero attached hydrogens (tertiary/aromatic N) is 1. The Morgan fingerprint density at radius 3 is 1.63 bits per heavy atom. The summed E-state index contributed by atoms with van der Waals surface area (Å²) in [5.41, 5.74) is 0. The van der Waals surface area contributed by atoms with Crippen molar-refractivity contribution >= 4 is 11.9 Å². The molecule has 1 atom stereocenters. The van der Waals surface area contributed by atoms with Gasteiger partial charge in [-0.25, -0.2) is 0 Å². The number of rotatable bonds is 43. The molecule has 1 fully saturated rings. The van der Waals surface area contributed by atoms with Crippen molar-refractivity contribution in [3.05, 3.63) is 36.8 Å². The second-order valence-electron chi connectivity index (χ2n) is 17.2. The summed E-state index contributed by atoms with van der Waals surface area (Å²) in [6, 6.07) is 0. The van der Waals surface area contributed by atoms with Gasteiger partial charge in [0.1, 0.15) is 19.8 Å². The van der Waals surface area contributed by atoms with Crippen LogP contribution in [-0.4, -0.2) is 82.9 Å². The Morgan fingerprint density at radius 1 is 0.583 bits per heavy atom. The van der Waals surface area contributed by atoms with Crippen LogP contribution in [0.3, 0.4) is 0 Å². The van der Waals surface area contributed by atoms with Gasteiger partial charge in [0.2, 0.25) is 0 Å². The maximum Gasteiger partial charge on any atom is 0.305 e.